The van der Waals surface area contributed by atoms with Crippen molar-refractivity contribution in [1.29, 1.82) is 0 Å². The first-order valence-corrected chi connectivity index (χ1v) is 3.75. The van der Waals surface area contributed by atoms with Crippen molar-refractivity contribution in [3.8, 4) is 0 Å². The second kappa shape index (κ2) is 2.95. The molecule has 0 aromatic heterocycles. The van der Waals surface area contributed by atoms with Gasteiger partial charge < -0.3 is 5.73 Å². The fourth-order valence-corrected chi connectivity index (χ4v) is 0.928. The third kappa shape index (κ3) is 1.46. The summed E-state index contributed by atoms with van der Waals surface area (Å²) in [6.45, 7) is 0. The van der Waals surface area contributed by atoms with Gasteiger partial charge in [0, 0.05) is 0 Å². The normalized spacial score (nSPS) is 11.2. The number of nitrogens with two attached hydrogens (primary N) is 1. The van der Waals surface area contributed by atoms with E-state index in [1.165, 1.54) is 0 Å². The Labute approximate surface area is 72.0 Å². The standard InChI is InChI=1S/C9H12N2O/c1-11(2,9(10)12)8-6-4-3-5-7-8/h3-7H,1-2H3,(H-,10,12)/p+1. The Morgan fingerprint density at radius 3 is 2.17 bits per heavy atom. The smallest absolute Gasteiger partial charge is 0.319 e. The second-order valence-corrected chi connectivity index (χ2v) is 3.13. The molecule has 0 saturated heterocycles. The van der Waals surface area contributed by atoms with Crippen LogP contribution in [0.1, 0.15) is 0 Å². The Morgan fingerprint density at radius 2 is 1.75 bits per heavy atom. The Hall–Kier alpha value is -1.35. The van der Waals surface area contributed by atoms with Crippen molar-refractivity contribution in [3.63, 3.8) is 0 Å². The number of urea groups is 1. The van der Waals surface area contributed by atoms with Gasteiger partial charge in [-0.05, 0) is 12.1 Å². The summed E-state index contributed by atoms with van der Waals surface area (Å²) in [5, 5.41) is 0. The molecule has 1 aromatic carbocycles. The van der Waals surface area contributed by atoms with E-state index in [0.717, 1.165) is 5.69 Å². The van der Waals surface area contributed by atoms with Gasteiger partial charge >= 0.3 is 6.03 Å². The molecule has 0 unspecified atom stereocenters. The highest BCUT2D eigenvalue weighted by atomic mass is 16.2. The number of hydrogen-bond acceptors (Lipinski definition) is 1. The van der Waals surface area contributed by atoms with Gasteiger partial charge in [0.15, 0.2) is 0 Å². The molecular formula is C9H13N2O+. The van der Waals surface area contributed by atoms with Crippen LogP contribution >= 0.6 is 0 Å². The van der Waals surface area contributed by atoms with Crippen molar-refractivity contribution < 1.29 is 4.79 Å². The van der Waals surface area contributed by atoms with Crippen LogP contribution in [0.2, 0.25) is 0 Å². The number of amides is 2. The van der Waals surface area contributed by atoms with Gasteiger partial charge in [-0.1, -0.05) is 18.2 Å². The minimum Gasteiger partial charge on any atom is -0.319 e. The van der Waals surface area contributed by atoms with Crippen LogP contribution in [0.15, 0.2) is 30.3 Å². The molecule has 2 N–H and O–H groups in total. The van der Waals surface area contributed by atoms with Crippen molar-refractivity contribution in [3.05, 3.63) is 30.3 Å². The summed E-state index contributed by atoms with van der Waals surface area (Å²) in [6.07, 6.45) is 0. The molecule has 12 heavy (non-hydrogen) atoms. The lowest BCUT2D eigenvalue weighted by Crippen LogP contribution is -2.50. The highest BCUT2D eigenvalue weighted by molar-refractivity contribution is 5.84. The Bertz CT molecular complexity index is 280. The van der Waals surface area contributed by atoms with Gasteiger partial charge in [0.25, 0.3) is 0 Å². The summed E-state index contributed by atoms with van der Waals surface area (Å²) in [5.74, 6) is 0. The quantitative estimate of drug-likeness (QED) is 0.627. The van der Waals surface area contributed by atoms with Crippen molar-refractivity contribution in [1.82, 2.24) is 4.48 Å². The number of primary amides is 1. The molecule has 0 fully saturated rings. The summed E-state index contributed by atoms with van der Waals surface area (Å²) in [4.78, 5) is 11.0. The van der Waals surface area contributed by atoms with Gasteiger partial charge in [0.05, 0.1) is 14.1 Å². The zero-order valence-electron chi connectivity index (χ0n) is 7.32. The average Bonchev–Trinajstić information content (AvgIpc) is 2.06. The van der Waals surface area contributed by atoms with Gasteiger partial charge in [-0.3, -0.25) is 0 Å². The van der Waals surface area contributed by atoms with E-state index in [0.29, 0.717) is 0 Å². The van der Waals surface area contributed by atoms with Crippen LogP contribution in [0.25, 0.3) is 0 Å². The Morgan fingerprint density at radius 1 is 1.25 bits per heavy atom. The largest absolute Gasteiger partial charge is 0.418 e. The first-order valence-electron chi connectivity index (χ1n) is 3.75. The summed E-state index contributed by atoms with van der Waals surface area (Å²) >= 11 is 0. The minimum absolute atomic E-state index is 0.0842. The first kappa shape index (κ1) is 8.74. The van der Waals surface area contributed by atoms with E-state index in [2.05, 4.69) is 0 Å². The van der Waals surface area contributed by atoms with Gasteiger partial charge in [0.1, 0.15) is 5.69 Å². The highest BCUT2D eigenvalue weighted by Gasteiger charge is 2.25. The van der Waals surface area contributed by atoms with Crippen LogP contribution in [0.4, 0.5) is 10.5 Å². The molecule has 64 valence electrons. The molecule has 0 atom stereocenters. The molecule has 0 heterocycles. The second-order valence-electron chi connectivity index (χ2n) is 3.13. The first-order chi connectivity index (χ1) is 5.55. The van der Waals surface area contributed by atoms with Crippen molar-refractivity contribution in [2.24, 2.45) is 5.73 Å². The van der Waals surface area contributed by atoms with Crippen LogP contribution in [-0.4, -0.2) is 20.1 Å². The number of quaternary nitrogens is 1. The molecule has 1 aromatic rings. The van der Waals surface area contributed by atoms with E-state index < -0.39 is 0 Å². The van der Waals surface area contributed by atoms with Crippen LogP contribution in [0.3, 0.4) is 0 Å². The third-order valence-electron chi connectivity index (χ3n) is 1.95. The molecule has 0 aliphatic heterocycles. The Kier molecular flexibility index (Phi) is 2.15. The minimum atomic E-state index is -0.360. The maximum Gasteiger partial charge on any atom is 0.418 e. The SMILES string of the molecule is C[N+](C)(C(N)=O)c1ccccc1. The lowest BCUT2D eigenvalue weighted by molar-refractivity contribution is 0.227. The lowest BCUT2D eigenvalue weighted by atomic mass is 10.3. The highest BCUT2D eigenvalue weighted by Crippen LogP contribution is 2.16. The molecule has 2 amide bonds. The number of hydrogen-bond donors (Lipinski definition) is 1. The number of carbonyl (C=O) groups excluding carboxylic acids is 1. The summed E-state index contributed by atoms with van der Waals surface area (Å²) < 4.78 is 0.0842. The van der Waals surface area contributed by atoms with Crippen molar-refractivity contribution >= 4 is 11.7 Å². The monoisotopic (exact) mass is 165 g/mol. The Balaban J connectivity index is 3.06. The summed E-state index contributed by atoms with van der Waals surface area (Å²) in [7, 11) is 3.52. The van der Waals surface area contributed by atoms with Crippen LogP contribution in [0, 0.1) is 0 Å². The van der Waals surface area contributed by atoms with Crippen LogP contribution in [0.5, 0.6) is 0 Å². The maximum absolute atomic E-state index is 11.0. The molecular weight excluding hydrogens is 152 g/mol. The molecule has 0 bridgehead atoms. The zero-order chi connectivity index (χ0) is 9.19. The molecule has 0 aliphatic rings. The van der Waals surface area contributed by atoms with Gasteiger partial charge in [-0.15, -0.1) is 0 Å². The topological polar surface area (TPSA) is 43.1 Å². The number of rotatable bonds is 1. The number of para-hydroxylation sites is 1. The summed E-state index contributed by atoms with van der Waals surface area (Å²) in [5.41, 5.74) is 6.13. The van der Waals surface area contributed by atoms with Crippen molar-refractivity contribution in [2.45, 2.75) is 0 Å². The molecule has 1 rings (SSSR count). The van der Waals surface area contributed by atoms with Gasteiger partial charge in [-0.25, -0.2) is 9.28 Å². The molecule has 0 aliphatic carbocycles. The lowest BCUT2D eigenvalue weighted by Gasteiger charge is -2.23. The third-order valence-corrected chi connectivity index (χ3v) is 1.95. The van der Waals surface area contributed by atoms with E-state index in [1.54, 1.807) is 14.1 Å². The number of nitrogens with zero attached hydrogens (tertiary/aromatic N) is 1. The molecule has 3 nitrogen and oxygen atoms in total. The van der Waals surface area contributed by atoms with E-state index in [-0.39, 0.29) is 10.5 Å². The van der Waals surface area contributed by atoms with E-state index in [9.17, 15) is 4.79 Å². The fraction of sp³-hybridized carbons (Fsp3) is 0.222. The molecule has 0 saturated carbocycles. The van der Waals surface area contributed by atoms with Gasteiger partial charge in [0.2, 0.25) is 0 Å². The average molecular weight is 165 g/mol. The maximum atomic E-state index is 11.0. The summed E-state index contributed by atoms with van der Waals surface area (Å²) in [6, 6.07) is 9.08. The van der Waals surface area contributed by atoms with E-state index >= 15 is 0 Å². The number of benzene rings is 1. The van der Waals surface area contributed by atoms with Gasteiger partial charge in [-0.2, -0.15) is 0 Å². The zero-order valence-corrected chi connectivity index (χ0v) is 7.32. The van der Waals surface area contributed by atoms with Crippen molar-refractivity contribution in [2.75, 3.05) is 14.1 Å². The van der Waals surface area contributed by atoms with Crippen LogP contribution < -0.4 is 10.2 Å². The number of carbonyl (C=O) groups is 1. The molecule has 0 spiro atoms. The fourth-order valence-electron chi connectivity index (χ4n) is 0.928. The predicted molar refractivity (Wildman–Crippen MR) is 49.7 cm³/mol. The van der Waals surface area contributed by atoms with Crippen LogP contribution in [-0.2, 0) is 0 Å². The predicted octanol–water partition coefficient (Wildman–Crippen LogP) is 1.33. The van der Waals surface area contributed by atoms with E-state index in [4.69, 9.17) is 5.73 Å². The molecule has 0 radical (unpaired) electrons. The van der Waals surface area contributed by atoms with E-state index in [1.807, 2.05) is 30.3 Å². The molecule has 3 heteroatoms.